The Kier molecular flexibility index (Phi) is 3.54. The third-order valence-corrected chi connectivity index (χ3v) is 3.63. The van der Waals surface area contributed by atoms with Gasteiger partial charge >= 0.3 is 0 Å². The summed E-state index contributed by atoms with van der Waals surface area (Å²) in [5.41, 5.74) is 0.864. The minimum atomic E-state index is 0.566. The molecule has 1 aromatic heterocycles. The van der Waals surface area contributed by atoms with Crippen molar-refractivity contribution < 1.29 is 4.74 Å². The number of morpholine rings is 1. The number of rotatable bonds is 2. The fourth-order valence-electron chi connectivity index (χ4n) is 2.12. The molecule has 0 amide bonds. The fraction of sp³-hybridized carbons (Fsp3) is 0.333. The highest BCUT2D eigenvalue weighted by molar-refractivity contribution is 7.71. The van der Waals surface area contributed by atoms with E-state index in [1.165, 1.54) is 0 Å². The standard InChI is InChI=1S/C12H13ClN4OS/c13-10-4-2-1-3-9(10)11-14-15-12(19)17(11)16-5-7-18-8-6-16/h1-4H,5-8H2,(H,15,19). The maximum atomic E-state index is 6.23. The number of nitrogens with zero attached hydrogens (tertiary/aromatic N) is 3. The second kappa shape index (κ2) is 5.32. The molecular weight excluding hydrogens is 284 g/mol. The maximum absolute atomic E-state index is 6.23. The number of nitrogens with one attached hydrogen (secondary N) is 1. The molecule has 0 saturated carbocycles. The van der Waals surface area contributed by atoms with Crippen molar-refractivity contribution in [3.63, 3.8) is 0 Å². The number of benzene rings is 1. The van der Waals surface area contributed by atoms with Crippen LogP contribution in [-0.4, -0.2) is 41.2 Å². The van der Waals surface area contributed by atoms with E-state index in [2.05, 4.69) is 15.2 Å². The van der Waals surface area contributed by atoms with Gasteiger partial charge in [0, 0.05) is 5.56 Å². The summed E-state index contributed by atoms with van der Waals surface area (Å²) in [7, 11) is 0. The molecule has 5 nitrogen and oxygen atoms in total. The third-order valence-electron chi connectivity index (χ3n) is 3.04. The van der Waals surface area contributed by atoms with E-state index < -0.39 is 0 Å². The minimum Gasteiger partial charge on any atom is -0.378 e. The first-order valence-electron chi connectivity index (χ1n) is 6.02. The van der Waals surface area contributed by atoms with Crippen LogP contribution >= 0.6 is 23.8 Å². The van der Waals surface area contributed by atoms with Gasteiger partial charge in [-0.05, 0) is 24.4 Å². The van der Waals surface area contributed by atoms with E-state index in [4.69, 9.17) is 28.6 Å². The van der Waals surface area contributed by atoms with Gasteiger partial charge in [0.25, 0.3) is 0 Å². The first kappa shape index (κ1) is 12.7. The van der Waals surface area contributed by atoms with Crippen LogP contribution in [0.15, 0.2) is 24.3 Å². The van der Waals surface area contributed by atoms with Gasteiger partial charge < -0.3 is 9.75 Å². The summed E-state index contributed by atoms with van der Waals surface area (Å²) in [5, 5.41) is 9.91. The smallest absolute Gasteiger partial charge is 0.214 e. The van der Waals surface area contributed by atoms with Crippen molar-refractivity contribution in [3.8, 4) is 11.4 Å². The molecule has 0 aliphatic carbocycles. The van der Waals surface area contributed by atoms with Gasteiger partial charge in [0.1, 0.15) is 0 Å². The molecule has 7 heteroatoms. The number of hydrogen-bond donors (Lipinski definition) is 1. The molecule has 0 bridgehead atoms. The van der Waals surface area contributed by atoms with Gasteiger partial charge in [0.15, 0.2) is 5.82 Å². The summed E-state index contributed by atoms with van der Waals surface area (Å²) in [6.07, 6.45) is 0. The van der Waals surface area contributed by atoms with Crippen LogP contribution in [0.1, 0.15) is 0 Å². The van der Waals surface area contributed by atoms with Crippen LogP contribution in [0.25, 0.3) is 11.4 Å². The zero-order chi connectivity index (χ0) is 13.2. The van der Waals surface area contributed by atoms with Gasteiger partial charge in [0.05, 0.1) is 31.3 Å². The molecule has 1 N–H and O–H groups in total. The molecule has 1 saturated heterocycles. The van der Waals surface area contributed by atoms with Crippen LogP contribution in [0, 0.1) is 4.77 Å². The maximum Gasteiger partial charge on any atom is 0.214 e. The van der Waals surface area contributed by atoms with Crippen LogP contribution in [0.3, 0.4) is 0 Å². The molecular formula is C12H13ClN4OS. The van der Waals surface area contributed by atoms with Crippen molar-refractivity contribution in [1.82, 2.24) is 14.9 Å². The molecule has 0 spiro atoms. The predicted molar refractivity (Wildman–Crippen MR) is 76.6 cm³/mol. The van der Waals surface area contributed by atoms with Gasteiger partial charge in [-0.3, -0.25) is 0 Å². The Labute approximate surface area is 120 Å². The molecule has 1 aromatic carbocycles. The SMILES string of the molecule is S=c1[nH]nc(-c2ccccc2Cl)n1N1CCOCC1. The molecule has 19 heavy (non-hydrogen) atoms. The lowest BCUT2D eigenvalue weighted by atomic mass is 10.2. The Morgan fingerprint density at radius 3 is 2.74 bits per heavy atom. The fourth-order valence-corrected chi connectivity index (χ4v) is 2.59. The molecule has 1 fully saturated rings. The molecule has 0 unspecified atom stereocenters. The molecule has 100 valence electrons. The summed E-state index contributed by atoms with van der Waals surface area (Å²) in [4.78, 5) is 0. The van der Waals surface area contributed by atoms with E-state index in [9.17, 15) is 0 Å². The highest BCUT2D eigenvalue weighted by Crippen LogP contribution is 2.26. The van der Waals surface area contributed by atoms with Crippen LogP contribution < -0.4 is 5.01 Å². The monoisotopic (exact) mass is 296 g/mol. The van der Waals surface area contributed by atoms with Crippen LogP contribution in [0.5, 0.6) is 0 Å². The Morgan fingerprint density at radius 2 is 2.00 bits per heavy atom. The lowest BCUT2D eigenvalue weighted by Crippen LogP contribution is -2.44. The van der Waals surface area contributed by atoms with Gasteiger partial charge in [-0.1, -0.05) is 23.7 Å². The second-order valence-electron chi connectivity index (χ2n) is 4.21. The van der Waals surface area contributed by atoms with Crippen molar-refractivity contribution >= 4 is 23.8 Å². The number of aromatic nitrogens is 3. The topological polar surface area (TPSA) is 46.1 Å². The molecule has 2 aromatic rings. The Balaban J connectivity index is 2.08. The lowest BCUT2D eigenvalue weighted by molar-refractivity contribution is 0.111. The highest BCUT2D eigenvalue weighted by Gasteiger charge is 2.18. The van der Waals surface area contributed by atoms with Crippen molar-refractivity contribution in [2.45, 2.75) is 0 Å². The van der Waals surface area contributed by atoms with E-state index in [0.29, 0.717) is 23.0 Å². The zero-order valence-electron chi connectivity index (χ0n) is 10.2. The minimum absolute atomic E-state index is 0.566. The van der Waals surface area contributed by atoms with E-state index in [1.54, 1.807) is 0 Å². The highest BCUT2D eigenvalue weighted by atomic mass is 35.5. The van der Waals surface area contributed by atoms with Gasteiger partial charge in [0.2, 0.25) is 4.77 Å². The molecule has 1 aliphatic rings. The number of ether oxygens (including phenoxy) is 1. The van der Waals surface area contributed by atoms with Crippen LogP contribution in [0.2, 0.25) is 5.02 Å². The average molecular weight is 297 g/mol. The largest absolute Gasteiger partial charge is 0.378 e. The van der Waals surface area contributed by atoms with Crippen molar-refractivity contribution in [1.29, 1.82) is 0 Å². The molecule has 3 rings (SSSR count). The Morgan fingerprint density at radius 1 is 1.26 bits per heavy atom. The van der Waals surface area contributed by atoms with Gasteiger partial charge in [-0.15, -0.1) is 0 Å². The molecule has 2 heterocycles. The summed E-state index contributed by atoms with van der Waals surface area (Å²) >= 11 is 11.6. The Hall–Kier alpha value is -1.37. The molecule has 0 radical (unpaired) electrons. The molecule has 0 atom stereocenters. The number of H-pyrrole nitrogens is 1. The quantitative estimate of drug-likeness (QED) is 0.863. The number of halogens is 1. The van der Waals surface area contributed by atoms with Crippen LogP contribution in [0.4, 0.5) is 0 Å². The average Bonchev–Trinajstić information content (AvgIpc) is 2.82. The summed E-state index contributed by atoms with van der Waals surface area (Å²) in [6, 6.07) is 7.61. The first-order valence-corrected chi connectivity index (χ1v) is 6.81. The summed E-state index contributed by atoms with van der Waals surface area (Å²) in [6.45, 7) is 2.94. The summed E-state index contributed by atoms with van der Waals surface area (Å²) < 4.78 is 7.83. The second-order valence-corrected chi connectivity index (χ2v) is 5.00. The lowest BCUT2D eigenvalue weighted by Gasteiger charge is -2.30. The van der Waals surface area contributed by atoms with Crippen molar-refractivity contribution in [2.75, 3.05) is 31.3 Å². The third kappa shape index (κ3) is 2.39. The van der Waals surface area contributed by atoms with Gasteiger partial charge in [-0.25, -0.2) is 9.77 Å². The van der Waals surface area contributed by atoms with E-state index in [0.717, 1.165) is 24.5 Å². The number of hydrogen-bond acceptors (Lipinski definition) is 4. The number of aromatic amines is 1. The predicted octanol–water partition coefficient (Wildman–Crippen LogP) is 2.23. The normalized spacial score (nSPS) is 15.7. The van der Waals surface area contributed by atoms with E-state index in [1.807, 2.05) is 28.9 Å². The zero-order valence-corrected chi connectivity index (χ0v) is 11.7. The van der Waals surface area contributed by atoms with Crippen molar-refractivity contribution in [2.24, 2.45) is 0 Å². The van der Waals surface area contributed by atoms with E-state index in [-0.39, 0.29) is 0 Å². The summed E-state index contributed by atoms with van der Waals surface area (Å²) in [5.74, 6) is 0.734. The first-order chi connectivity index (χ1) is 9.27. The Bertz CT molecular complexity index is 633. The molecule has 1 aliphatic heterocycles. The van der Waals surface area contributed by atoms with Gasteiger partial charge in [-0.2, -0.15) is 5.10 Å². The van der Waals surface area contributed by atoms with E-state index >= 15 is 0 Å². The van der Waals surface area contributed by atoms with Crippen molar-refractivity contribution in [3.05, 3.63) is 34.1 Å². The van der Waals surface area contributed by atoms with Crippen LogP contribution in [-0.2, 0) is 4.74 Å².